The number of aliphatic hydroxyl groups excluding tert-OH is 1. The minimum atomic E-state index is -0.720. The van der Waals surface area contributed by atoms with Crippen LogP contribution in [0.15, 0.2) is 35.1 Å². The van der Waals surface area contributed by atoms with Crippen LogP contribution in [0.1, 0.15) is 19.4 Å². The number of anilines is 2. The highest BCUT2D eigenvalue weighted by Crippen LogP contribution is 2.25. The summed E-state index contributed by atoms with van der Waals surface area (Å²) in [5, 5.41) is 22.6. The molecule has 1 aromatic carbocycles. The Morgan fingerprint density at radius 2 is 1.94 bits per heavy atom. The van der Waals surface area contributed by atoms with Crippen molar-refractivity contribution in [1.82, 2.24) is 19.7 Å². The normalized spacial score (nSPS) is 15.5. The van der Waals surface area contributed by atoms with Gasteiger partial charge in [-0.1, -0.05) is 23.7 Å². The molecule has 3 aromatic rings. The molecule has 0 amide bonds. The molecule has 0 spiro atoms. The van der Waals surface area contributed by atoms with E-state index in [0.29, 0.717) is 54.7 Å². The van der Waals surface area contributed by atoms with Gasteiger partial charge in [-0.25, -0.2) is 4.79 Å². The van der Waals surface area contributed by atoms with E-state index >= 15 is 0 Å². The molecule has 0 bridgehead atoms. The lowest BCUT2D eigenvalue weighted by Crippen LogP contribution is -2.46. The summed E-state index contributed by atoms with van der Waals surface area (Å²) in [5.41, 5.74) is 0.741. The molecule has 0 radical (unpaired) electrons. The van der Waals surface area contributed by atoms with Gasteiger partial charge in [0.1, 0.15) is 0 Å². The maximum Gasteiger partial charge on any atom is 0.350 e. The fourth-order valence-electron chi connectivity index (χ4n) is 3.78. The molecule has 0 aliphatic carbocycles. The largest absolute Gasteiger partial charge is 0.394 e. The summed E-state index contributed by atoms with van der Waals surface area (Å²) in [4.78, 5) is 19.5. The van der Waals surface area contributed by atoms with Crippen molar-refractivity contribution in [2.24, 2.45) is 0 Å². The van der Waals surface area contributed by atoms with Crippen LogP contribution in [0, 0.1) is 0 Å². The molecule has 0 saturated carbocycles. The van der Waals surface area contributed by atoms with Crippen LogP contribution in [0.4, 0.5) is 11.6 Å². The van der Waals surface area contributed by atoms with Gasteiger partial charge in [0, 0.05) is 31.3 Å². The lowest BCUT2D eigenvalue weighted by molar-refractivity contribution is -0.00767. The Labute approximate surface area is 202 Å². The lowest BCUT2D eigenvalue weighted by Gasteiger charge is -2.33. The summed E-state index contributed by atoms with van der Waals surface area (Å²) in [5.74, 6) is 0.908. The Morgan fingerprint density at radius 1 is 1.24 bits per heavy atom. The van der Waals surface area contributed by atoms with Crippen molar-refractivity contribution in [3.8, 4) is 0 Å². The van der Waals surface area contributed by atoms with Crippen LogP contribution in [0.5, 0.6) is 0 Å². The summed E-state index contributed by atoms with van der Waals surface area (Å²) in [7, 11) is 1.56. The highest BCUT2D eigenvalue weighted by atomic mass is 35.5. The predicted molar refractivity (Wildman–Crippen MR) is 131 cm³/mol. The van der Waals surface area contributed by atoms with Crippen molar-refractivity contribution in [2.75, 3.05) is 50.2 Å². The third kappa shape index (κ3) is 5.15. The molecule has 1 atom stereocenters. The summed E-state index contributed by atoms with van der Waals surface area (Å²) >= 11 is 6.03. The molecule has 2 N–H and O–H groups in total. The third-order valence-corrected chi connectivity index (χ3v) is 6.41. The van der Waals surface area contributed by atoms with Crippen molar-refractivity contribution < 1.29 is 14.6 Å². The third-order valence-electron chi connectivity index (χ3n) is 6.16. The van der Waals surface area contributed by atoms with Gasteiger partial charge in [0.15, 0.2) is 17.2 Å². The average molecular weight is 489 g/mol. The maximum absolute atomic E-state index is 13.2. The van der Waals surface area contributed by atoms with Gasteiger partial charge in [-0.05, 0) is 31.5 Å². The van der Waals surface area contributed by atoms with Crippen LogP contribution >= 0.6 is 11.6 Å². The summed E-state index contributed by atoms with van der Waals surface area (Å²) in [6.45, 7) is 6.33. The molecule has 1 unspecified atom stereocenters. The number of nitrogens with zero attached hydrogens (tertiary/aromatic N) is 5. The van der Waals surface area contributed by atoms with E-state index in [9.17, 15) is 9.90 Å². The van der Waals surface area contributed by atoms with E-state index in [1.165, 1.54) is 0 Å². The zero-order chi connectivity index (χ0) is 24.3. The minimum absolute atomic E-state index is 0.225. The second-order valence-electron chi connectivity index (χ2n) is 8.68. The number of fused-ring (bicyclic) bond motifs is 1. The number of aliphatic hydroxyl groups is 1. The quantitative estimate of drug-likeness (QED) is 0.490. The number of benzene rings is 1. The van der Waals surface area contributed by atoms with E-state index in [2.05, 4.69) is 25.4 Å². The standard InChI is InChI=1S/C23H29ClN6O4/c1-23(2,33-3)18(14-31)25-21-20-17(12-19(27-28-20)29-8-10-34-11-9-29)30(22(32)26-21)13-15-4-6-16(24)7-5-15/h4-7,12,18,31H,8-11,13-14H2,1-3H3,(H,25,26,32). The molecule has 4 rings (SSSR count). The SMILES string of the molecule is COC(C)(C)C(CO)Nc1nc(=O)n(Cc2ccc(Cl)cc2)c2cc(N3CCOCC3)nnc12. The number of methoxy groups -OCH3 is 1. The fourth-order valence-corrected chi connectivity index (χ4v) is 3.90. The van der Waals surface area contributed by atoms with Gasteiger partial charge in [0.05, 0.1) is 43.5 Å². The molecule has 3 heterocycles. The number of morpholine rings is 1. The topological polar surface area (TPSA) is 115 Å². The van der Waals surface area contributed by atoms with Crippen molar-refractivity contribution >= 4 is 34.3 Å². The molecule has 1 aliphatic rings. The second kappa shape index (κ2) is 10.2. The molecule has 182 valence electrons. The summed E-state index contributed by atoms with van der Waals surface area (Å²) in [6, 6.07) is 8.63. The first-order valence-corrected chi connectivity index (χ1v) is 11.5. The first kappa shape index (κ1) is 24.3. The summed E-state index contributed by atoms with van der Waals surface area (Å²) < 4.78 is 12.5. The van der Waals surface area contributed by atoms with Crippen molar-refractivity contribution in [3.05, 3.63) is 51.4 Å². The van der Waals surface area contributed by atoms with Crippen LogP contribution in [-0.4, -0.2) is 76.5 Å². The van der Waals surface area contributed by atoms with E-state index in [1.807, 2.05) is 32.0 Å². The highest BCUT2D eigenvalue weighted by molar-refractivity contribution is 6.30. The molecule has 1 aliphatic heterocycles. The van der Waals surface area contributed by atoms with Crippen molar-refractivity contribution in [2.45, 2.75) is 32.0 Å². The van der Waals surface area contributed by atoms with Crippen LogP contribution in [-0.2, 0) is 16.0 Å². The molecular formula is C23H29ClN6O4. The smallest absolute Gasteiger partial charge is 0.350 e. The van der Waals surface area contributed by atoms with Crippen LogP contribution in [0.3, 0.4) is 0 Å². The lowest BCUT2D eigenvalue weighted by atomic mass is 9.99. The number of ether oxygens (including phenoxy) is 2. The van der Waals surface area contributed by atoms with Gasteiger partial charge in [0.2, 0.25) is 0 Å². The zero-order valence-electron chi connectivity index (χ0n) is 19.5. The van der Waals surface area contributed by atoms with Gasteiger partial charge < -0.3 is 24.8 Å². The Hall–Kier alpha value is -2.79. The molecule has 34 heavy (non-hydrogen) atoms. The number of nitrogens with one attached hydrogen (secondary N) is 1. The first-order chi connectivity index (χ1) is 16.3. The Kier molecular flexibility index (Phi) is 7.32. The number of hydrogen-bond donors (Lipinski definition) is 2. The predicted octanol–water partition coefficient (Wildman–Crippen LogP) is 1.92. The first-order valence-electron chi connectivity index (χ1n) is 11.1. The van der Waals surface area contributed by atoms with Crippen molar-refractivity contribution in [1.29, 1.82) is 0 Å². The number of halogens is 1. The Bertz CT molecular complexity index is 1190. The van der Waals surface area contributed by atoms with E-state index in [4.69, 9.17) is 21.1 Å². The van der Waals surface area contributed by atoms with E-state index in [0.717, 1.165) is 5.56 Å². The van der Waals surface area contributed by atoms with Crippen LogP contribution in [0.2, 0.25) is 5.02 Å². The van der Waals surface area contributed by atoms with Gasteiger partial charge >= 0.3 is 5.69 Å². The molecule has 1 saturated heterocycles. The van der Waals surface area contributed by atoms with E-state index in [1.54, 1.807) is 23.8 Å². The van der Waals surface area contributed by atoms with E-state index < -0.39 is 17.3 Å². The van der Waals surface area contributed by atoms with Gasteiger partial charge in [-0.3, -0.25) is 4.57 Å². The van der Waals surface area contributed by atoms with E-state index in [-0.39, 0.29) is 12.4 Å². The Balaban J connectivity index is 1.82. The highest BCUT2D eigenvalue weighted by Gasteiger charge is 2.30. The number of rotatable bonds is 8. The van der Waals surface area contributed by atoms with Gasteiger partial charge in [0.25, 0.3) is 0 Å². The monoisotopic (exact) mass is 488 g/mol. The Morgan fingerprint density at radius 3 is 2.59 bits per heavy atom. The second-order valence-corrected chi connectivity index (χ2v) is 9.11. The number of aromatic nitrogens is 4. The van der Waals surface area contributed by atoms with Gasteiger partial charge in [-0.2, -0.15) is 4.98 Å². The molecular weight excluding hydrogens is 460 g/mol. The number of hydrogen-bond acceptors (Lipinski definition) is 9. The molecule has 11 heteroatoms. The average Bonchev–Trinajstić information content (AvgIpc) is 2.85. The zero-order valence-corrected chi connectivity index (χ0v) is 20.2. The van der Waals surface area contributed by atoms with Crippen LogP contribution < -0.4 is 15.9 Å². The molecule has 1 fully saturated rings. The van der Waals surface area contributed by atoms with Gasteiger partial charge in [-0.15, -0.1) is 10.2 Å². The summed E-state index contributed by atoms with van der Waals surface area (Å²) in [6.07, 6.45) is 0. The minimum Gasteiger partial charge on any atom is -0.394 e. The molecule has 10 nitrogen and oxygen atoms in total. The fraction of sp³-hybridized carbons (Fsp3) is 0.478. The molecule has 2 aromatic heterocycles. The maximum atomic E-state index is 13.2. The van der Waals surface area contributed by atoms with Crippen molar-refractivity contribution in [3.63, 3.8) is 0 Å². The van der Waals surface area contributed by atoms with Crippen LogP contribution in [0.25, 0.3) is 11.0 Å².